The number of alkyl halides is 1. The Morgan fingerprint density at radius 3 is 2.24 bits per heavy atom. The molecule has 0 spiro atoms. The van der Waals surface area contributed by atoms with Crippen molar-refractivity contribution in [3.8, 4) is 5.75 Å². The molecule has 0 aliphatic heterocycles. The Bertz CT molecular complexity index is 364. The number of aliphatic hydroxyl groups is 2. The van der Waals surface area contributed by atoms with E-state index in [4.69, 9.17) is 0 Å². The van der Waals surface area contributed by atoms with Crippen LogP contribution in [-0.2, 0) is 0 Å². The summed E-state index contributed by atoms with van der Waals surface area (Å²) in [6, 6.07) is 1.90. The fraction of sp³-hybridized carbons (Fsp3) is 0.455. The van der Waals surface area contributed by atoms with Gasteiger partial charge >= 0.3 is 0 Å². The zero-order valence-corrected chi connectivity index (χ0v) is 10.7. The second-order valence-electron chi connectivity index (χ2n) is 3.51. The largest absolute Gasteiger partial charge is 0.491 e. The molecule has 2 unspecified atom stereocenters. The minimum absolute atomic E-state index is 0.0192. The molecule has 1 aromatic carbocycles. The quantitative estimate of drug-likeness (QED) is 0.819. The van der Waals surface area contributed by atoms with Gasteiger partial charge in [-0.2, -0.15) is 0 Å². The first-order chi connectivity index (χ1) is 8.01. The van der Waals surface area contributed by atoms with Crippen molar-refractivity contribution in [2.45, 2.75) is 18.6 Å². The van der Waals surface area contributed by atoms with Crippen LogP contribution in [0.2, 0.25) is 0 Å². The number of methoxy groups -OCH3 is 1. The number of rotatable bonds is 5. The highest BCUT2D eigenvalue weighted by Gasteiger charge is 2.21. The zero-order chi connectivity index (χ0) is 13.0. The first-order valence-corrected chi connectivity index (χ1v) is 6.08. The highest BCUT2D eigenvalue weighted by Crippen LogP contribution is 2.27. The molecule has 0 aromatic heterocycles. The van der Waals surface area contributed by atoms with E-state index < -0.39 is 29.6 Å². The second kappa shape index (κ2) is 6.28. The minimum atomic E-state index is -1.33. The van der Waals surface area contributed by atoms with Gasteiger partial charge in [0.2, 0.25) is 0 Å². The molecule has 17 heavy (non-hydrogen) atoms. The Hall–Kier alpha value is -0.720. The van der Waals surface area contributed by atoms with Crippen molar-refractivity contribution in [1.29, 1.82) is 0 Å². The van der Waals surface area contributed by atoms with Crippen molar-refractivity contribution in [3.63, 3.8) is 0 Å². The average molecular weight is 311 g/mol. The molecule has 96 valence electrons. The summed E-state index contributed by atoms with van der Waals surface area (Å²) in [5.74, 6) is -2.32. The number of benzene rings is 1. The summed E-state index contributed by atoms with van der Waals surface area (Å²) in [5.41, 5.74) is -0.0192. The van der Waals surface area contributed by atoms with Gasteiger partial charge in [0, 0.05) is 5.33 Å². The van der Waals surface area contributed by atoms with Gasteiger partial charge in [-0.15, -0.1) is 0 Å². The molecule has 2 N–H and O–H groups in total. The number of hydrogen-bond donors (Lipinski definition) is 2. The molecule has 3 nitrogen and oxygen atoms in total. The molecule has 6 heteroatoms. The van der Waals surface area contributed by atoms with Gasteiger partial charge in [0.1, 0.15) is 6.10 Å². The maximum Gasteiger partial charge on any atom is 0.190 e. The molecule has 2 atom stereocenters. The van der Waals surface area contributed by atoms with Crippen LogP contribution in [0.5, 0.6) is 5.75 Å². The van der Waals surface area contributed by atoms with Gasteiger partial charge in [-0.05, 0) is 24.1 Å². The van der Waals surface area contributed by atoms with Crippen LogP contribution in [0.4, 0.5) is 8.78 Å². The Labute approximate surface area is 106 Å². The summed E-state index contributed by atoms with van der Waals surface area (Å²) >= 11 is 3.10. The van der Waals surface area contributed by atoms with Crippen LogP contribution >= 0.6 is 15.9 Å². The van der Waals surface area contributed by atoms with Crippen molar-refractivity contribution in [1.82, 2.24) is 0 Å². The van der Waals surface area contributed by atoms with Crippen LogP contribution < -0.4 is 4.74 Å². The molecule has 0 aliphatic carbocycles. The molecule has 1 rings (SSSR count). The molecule has 0 fully saturated rings. The topological polar surface area (TPSA) is 49.7 Å². The van der Waals surface area contributed by atoms with Gasteiger partial charge in [-0.3, -0.25) is 0 Å². The zero-order valence-electron chi connectivity index (χ0n) is 9.16. The van der Waals surface area contributed by atoms with E-state index in [-0.39, 0.29) is 12.0 Å². The Morgan fingerprint density at radius 1 is 1.29 bits per heavy atom. The van der Waals surface area contributed by atoms with Crippen molar-refractivity contribution < 1.29 is 23.7 Å². The predicted molar refractivity (Wildman–Crippen MR) is 62.3 cm³/mol. The van der Waals surface area contributed by atoms with Gasteiger partial charge in [0.25, 0.3) is 0 Å². The van der Waals surface area contributed by atoms with Gasteiger partial charge in [0.05, 0.1) is 13.2 Å². The molecule has 0 saturated carbocycles. The summed E-state index contributed by atoms with van der Waals surface area (Å²) < 4.78 is 31.2. The Morgan fingerprint density at radius 2 is 1.82 bits per heavy atom. The molecule has 1 aromatic rings. The van der Waals surface area contributed by atoms with E-state index in [2.05, 4.69) is 20.7 Å². The first kappa shape index (κ1) is 14.3. The summed E-state index contributed by atoms with van der Waals surface area (Å²) in [4.78, 5) is 0. The maximum atomic E-state index is 13.4. The van der Waals surface area contributed by atoms with Crippen LogP contribution in [0.15, 0.2) is 12.1 Å². The number of aliphatic hydroxyl groups excluding tert-OH is 2. The van der Waals surface area contributed by atoms with Gasteiger partial charge in [-0.1, -0.05) is 15.9 Å². The van der Waals surface area contributed by atoms with Crippen LogP contribution in [0, 0.1) is 11.6 Å². The summed E-state index contributed by atoms with van der Waals surface area (Å²) in [6.07, 6.45) is -2.14. The van der Waals surface area contributed by atoms with Crippen molar-refractivity contribution in [2.24, 2.45) is 0 Å². The molecule has 0 bridgehead atoms. The summed E-state index contributed by atoms with van der Waals surface area (Å²) in [7, 11) is 1.15. The van der Waals surface area contributed by atoms with Crippen LogP contribution in [0.1, 0.15) is 18.1 Å². The van der Waals surface area contributed by atoms with Crippen molar-refractivity contribution >= 4 is 15.9 Å². The monoisotopic (exact) mass is 310 g/mol. The molecular formula is C11H13BrF2O3. The van der Waals surface area contributed by atoms with E-state index in [1.165, 1.54) is 0 Å². The number of hydrogen-bond acceptors (Lipinski definition) is 3. The van der Waals surface area contributed by atoms with Gasteiger partial charge in [0.15, 0.2) is 17.4 Å². The average Bonchev–Trinajstić information content (AvgIpc) is 2.27. The fourth-order valence-electron chi connectivity index (χ4n) is 1.44. The second-order valence-corrected chi connectivity index (χ2v) is 4.30. The Kier molecular flexibility index (Phi) is 5.30. The SMILES string of the molecule is COc1c(F)cc(C(O)C(O)CCBr)cc1F. The highest BCUT2D eigenvalue weighted by atomic mass is 79.9. The van der Waals surface area contributed by atoms with Crippen LogP contribution in [0.25, 0.3) is 0 Å². The third-order valence-corrected chi connectivity index (χ3v) is 2.79. The normalized spacial score (nSPS) is 14.5. The highest BCUT2D eigenvalue weighted by molar-refractivity contribution is 9.09. The smallest absolute Gasteiger partial charge is 0.190 e. The summed E-state index contributed by atoms with van der Waals surface area (Å²) in [5, 5.41) is 19.7. The number of halogens is 3. The first-order valence-electron chi connectivity index (χ1n) is 4.96. The fourth-order valence-corrected chi connectivity index (χ4v) is 1.91. The number of ether oxygens (including phenoxy) is 1. The molecule has 0 radical (unpaired) electrons. The van der Waals surface area contributed by atoms with Crippen molar-refractivity contribution in [2.75, 3.05) is 12.4 Å². The van der Waals surface area contributed by atoms with Gasteiger partial charge < -0.3 is 14.9 Å². The third-order valence-electron chi connectivity index (χ3n) is 2.34. The lowest BCUT2D eigenvalue weighted by Crippen LogP contribution is -2.19. The van der Waals surface area contributed by atoms with Crippen molar-refractivity contribution in [3.05, 3.63) is 29.3 Å². The van der Waals surface area contributed by atoms with E-state index in [1.54, 1.807) is 0 Å². The molecule has 0 heterocycles. The molecule has 0 saturated heterocycles. The third kappa shape index (κ3) is 3.37. The van der Waals surface area contributed by atoms with E-state index in [1.807, 2.05) is 0 Å². The molecule has 0 amide bonds. The van der Waals surface area contributed by atoms with Crippen LogP contribution in [0.3, 0.4) is 0 Å². The molecule has 0 aliphatic rings. The van der Waals surface area contributed by atoms with E-state index in [9.17, 15) is 19.0 Å². The lowest BCUT2D eigenvalue weighted by atomic mass is 10.0. The van der Waals surface area contributed by atoms with E-state index >= 15 is 0 Å². The lowest BCUT2D eigenvalue weighted by molar-refractivity contribution is 0.0169. The minimum Gasteiger partial charge on any atom is -0.491 e. The maximum absolute atomic E-state index is 13.4. The lowest BCUT2D eigenvalue weighted by Gasteiger charge is -2.18. The van der Waals surface area contributed by atoms with E-state index in [0.29, 0.717) is 5.33 Å². The predicted octanol–water partition coefficient (Wildman–Crippen LogP) is 2.15. The molecular weight excluding hydrogens is 298 g/mol. The standard InChI is InChI=1S/C11H13BrF2O3/c1-17-11-7(13)4-6(5-8(11)14)10(16)9(15)2-3-12/h4-5,9-10,15-16H,2-3H2,1H3. The van der Waals surface area contributed by atoms with Gasteiger partial charge in [-0.25, -0.2) is 8.78 Å². The van der Waals surface area contributed by atoms with E-state index in [0.717, 1.165) is 19.2 Å². The Balaban J connectivity index is 2.99. The van der Waals surface area contributed by atoms with Crippen LogP contribution in [-0.4, -0.2) is 28.8 Å². The summed E-state index contributed by atoms with van der Waals surface area (Å²) in [6.45, 7) is 0.